The lowest BCUT2D eigenvalue weighted by Crippen LogP contribution is -3.28. The first-order valence-corrected chi connectivity index (χ1v) is 11.7. The molecule has 1 aromatic heterocycles. The Bertz CT molecular complexity index is 870. The quantitative estimate of drug-likeness (QED) is 0.608. The predicted molar refractivity (Wildman–Crippen MR) is 106 cm³/mol. The molecule has 1 aromatic carbocycles. The normalized spacial score (nSPS) is 21.8. The molecule has 154 valence electrons. The molecule has 0 bridgehead atoms. The Balaban J connectivity index is 1.84. The summed E-state index contributed by atoms with van der Waals surface area (Å²) in [4.78, 5) is 3.36. The Labute approximate surface area is 167 Å². The maximum absolute atomic E-state index is 12.9. The van der Waals surface area contributed by atoms with Crippen molar-refractivity contribution in [2.24, 2.45) is 5.92 Å². The topological polar surface area (TPSA) is 86.6 Å². The lowest BCUT2D eigenvalue weighted by Gasteiger charge is -2.35. The third kappa shape index (κ3) is 4.59. The van der Waals surface area contributed by atoms with Crippen LogP contribution in [0.4, 0.5) is 0 Å². The van der Waals surface area contributed by atoms with Crippen LogP contribution in [0.25, 0.3) is 0 Å². The van der Waals surface area contributed by atoms with Crippen molar-refractivity contribution >= 4 is 9.84 Å². The van der Waals surface area contributed by atoms with Crippen LogP contribution in [0.2, 0.25) is 0 Å². The molecule has 1 aliphatic rings. The van der Waals surface area contributed by atoms with E-state index >= 15 is 0 Å². The first-order valence-electron chi connectivity index (χ1n) is 10.1. The van der Waals surface area contributed by atoms with Crippen LogP contribution >= 0.6 is 0 Å². The number of aromatic nitrogens is 4. The molecule has 0 unspecified atom stereocenters. The molecule has 1 aliphatic heterocycles. The van der Waals surface area contributed by atoms with Crippen molar-refractivity contribution in [3.8, 4) is 0 Å². The minimum Gasteiger partial charge on any atom is -0.326 e. The molecule has 3 rings (SSSR count). The molecule has 0 aliphatic carbocycles. The van der Waals surface area contributed by atoms with Gasteiger partial charge < -0.3 is 9.80 Å². The van der Waals surface area contributed by atoms with E-state index in [2.05, 4.69) is 36.3 Å². The monoisotopic (exact) mass is 408 g/mol. The average Bonchev–Trinajstić information content (AvgIpc) is 3.09. The summed E-state index contributed by atoms with van der Waals surface area (Å²) in [7, 11) is -3.52. The largest absolute Gasteiger partial charge is 0.326 e. The van der Waals surface area contributed by atoms with Gasteiger partial charge >= 0.3 is 0 Å². The molecule has 2 aromatic rings. The number of quaternary nitrogens is 2. The first kappa shape index (κ1) is 20.9. The van der Waals surface area contributed by atoms with Crippen molar-refractivity contribution < 1.29 is 18.2 Å². The smallest absolute Gasteiger partial charge is 0.210 e. The third-order valence-electron chi connectivity index (χ3n) is 5.72. The number of likely N-dealkylation sites (N-methyl/N-ethyl adjacent to an activating group) is 1. The summed E-state index contributed by atoms with van der Waals surface area (Å²) in [5, 5.41) is 12.1. The molecule has 28 heavy (non-hydrogen) atoms. The van der Waals surface area contributed by atoms with Gasteiger partial charge in [-0.15, -0.1) is 5.10 Å². The van der Waals surface area contributed by atoms with Gasteiger partial charge in [-0.3, -0.25) is 0 Å². The number of piperazine rings is 1. The second-order valence-corrected chi connectivity index (χ2v) is 10.0. The molecule has 1 fully saturated rings. The average molecular weight is 409 g/mol. The molecule has 2 heterocycles. The van der Waals surface area contributed by atoms with Crippen LogP contribution in [0.15, 0.2) is 29.2 Å². The Hall–Kier alpha value is -1.84. The summed E-state index contributed by atoms with van der Waals surface area (Å²) in [6, 6.07) is 6.99. The number of tetrazole rings is 1. The molecule has 0 amide bonds. The van der Waals surface area contributed by atoms with Gasteiger partial charge in [0.2, 0.25) is 5.82 Å². The van der Waals surface area contributed by atoms with E-state index in [1.165, 1.54) is 9.58 Å². The third-order valence-corrected chi connectivity index (χ3v) is 7.29. The van der Waals surface area contributed by atoms with E-state index < -0.39 is 9.84 Å². The van der Waals surface area contributed by atoms with Gasteiger partial charge in [0.05, 0.1) is 11.4 Å². The van der Waals surface area contributed by atoms with Crippen molar-refractivity contribution in [2.45, 2.75) is 44.5 Å². The molecule has 8 nitrogen and oxygen atoms in total. The standard InChI is InChI=1S/C19H30N6O2S/c1-5-23-10-12-24(13-11-23)18(15(2)3)19-20-21-22-25(19)14-28(26,27)17-8-6-16(4)7-9-17/h6-9,15,18H,5,10-14H2,1-4H3/p+2/t18-/m1/s1. The van der Waals surface area contributed by atoms with E-state index in [-0.39, 0.29) is 11.9 Å². The van der Waals surface area contributed by atoms with Crippen molar-refractivity contribution in [1.29, 1.82) is 0 Å². The van der Waals surface area contributed by atoms with Crippen LogP contribution in [-0.2, 0) is 15.7 Å². The number of benzene rings is 1. The molecule has 0 radical (unpaired) electrons. The van der Waals surface area contributed by atoms with Gasteiger partial charge in [0, 0.05) is 5.92 Å². The molecule has 1 atom stereocenters. The van der Waals surface area contributed by atoms with Crippen LogP contribution < -0.4 is 9.80 Å². The van der Waals surface area contributed by atoms with Gasteiger partial charge in [-0.05, 0) is 36.4 Å². The SMILES string of the molecule is CC[NH+]1CC[NH+]([C@@H](c2nnnn2CS(=O)(=O)c2ccc(C)cc2)C(C)C)CC1. The highest BCUT2D eigenvalue weighted by Crippen LogP contribution is 2.19. The number of hydrogen-bond donors (Lipinski definition) is 2. The molecule has 0 spiro atoms. The van der Waals surface area contributed by atoms with Gasteiger partial charge in [0.15, 0.2) is 21.8 Å². The number of aryl methyl sites for hydroxylation is 1. The fourth-order valence-corrected chi connectivity index (χ4v) is 5.25. The van der Waals surface area contributed by atoms with Crippen molar-refractivity contribution in [1.82, 2.24) is 20.2 Å². The molecular weight excluding hydrogens is 376 g/mol. The first-order chi connectivity index (χ1) is 13.3. The van der Waals surface area contributed by atoms with E-state index in [4.69, 9.17) is 0 Å². The number of nitrogens with one attached hydrogen (secondary N) is 2. The highest BCUT2D eigenvalue weighted by Gasteiger charge is 2.36. The summed E-state index contributed by atoms with van der Waals surface area (Å²) in [5.74, 6) is 0.743. The summed E-state index contributed by atoms with van der Waals surface area (Å²) < 4.78 is 27.3. The van der Waals surface area contributed by atoms with Gasteiger partial charge in [0.25, 0.3) is 0 Å². The predicted octanol–water partition coefficient (Wildman–Crippen LogP) is -1.09. The maximum Gasteiger partial charge on any atom is 0.210 e. The maximum atomic E-state index is 12.9. The van der Waals surface area contributed by atoms with Crippen molar-refractivity contribution in [2.75, 3.05) is 32.7 Å². The van der Waals surface area contributed by atoms with E-state index in [0.717, 1.165) is 38.3 Å². The number of hydrogen-bond acceptors (Lipinski definition) is 5. The zero-order chi connectivity index (χ0) is 20.3. The van der Waals surface area contributed by atoms with Crippen LogP contribution in [0.3, 0.4) is 0 Å². The van der Waals surface area contributed by atoms with Crippen LogP contribution in [0.1, 0.15) is 38.2 Å². The van der Waals surface area contributed by atoms with Gasteiger partial charge in [0.1, 0.15) is 26.2 Å². The van der Waals surface area contributed by atoms with Gasteiger partial charge in [-0.2, -0.15) is 0 Å². The highest BCUT2D eigenvalue weighted by atomic mass is 32.2. The molecule has 1 saturated heterocycles. The van der Waals surface area contributed by atoms with E-state index in [1.54, 1.807) is 17.0 Å². The number of rotatable bonds is 7. The van der Waals surface area contributed by atoms with Gasteiger partial charge in [-0.25, -0.2) is 13.1 Å². The van der Waals surface area contributed by atoms with Crippen LogP contribution in [0.5, 0.6) is 0 Å². The van der Waals surface area contributed by atoms with E-state index in [1.807, 2.05) is 19.1 Å². The number of nitrogens with zero attached hydrogens (tertiary/aromatic N) is 4. The Kier molecular flexibility index (Phi) is 6.47. The van der Waals surface area contributed by atoms with Gasteiger partial charge in [-0.1, -0.05) is 31.5 Å². The Morgan fingerprint density at radius 2 is 1.75 bits per heavy atom. The zero-order valence-corrected chi connectivity index (χ0v) is 18.0. The molecular formula is C19H32N6O2S+2. The Morgan fingerprint density at radius 1 is 1.11 bits per heavy atom. The number of sulfone groups is 1. The lowest BCUT2D eigenvalue weighted by molar-refractivity contribution is -1.03. The van der Waals surface area contributed by atoms with Crippen LogP contribution in [0, 0.1) is 12.8 Å². The Morgan fingerprint density at radius 3 is 2.32 bits per heavy atom. The molecule has 9 heteroatoms. The minimum atomic E-state index is -3.52. The fraction of sp³-hybridized carbons (Fsp3) is 0.632. The summed E-state index contributed by atoms with van der Waals surface area (Å²) in [5.41, 5.74) is 1.03. The summed E-state index contributed by atoms with van der Waals surface area (Å²) in [6.07, 6.45) is 0. The summed E-state index contributed by atoms with van der Waals surface area (Å²) in [6.45, 7) is 14.0. The van der Waals surface area contributed by atoms with Crippen molar-refractivity contribution in [3.05, 3.63) is 35.7 Å². The molecule has 0 saturated carbocycles. The van der Waals surface area contributed by atoms with Crippen molar-refractivity contribution in [3.63, 3.8) is 0 Å². The van der Waals surface area contributed by atoms with E-state index in [0.29, 0.717) is 16.6 Å². The second kappa shape index (κ2) is 8.67. The fourth-order valence-electron chi connectivity index (χ4n) is 4.05. The molecule has 2 N–H and O–H groups in total. The minimum absolute atomic E-state index is 0.0848. The second-order valence-electron chi connectivity index (χ2n) is 8.08. The lowest BCUT2D eigenvalue weighted by atomic mass is 10.0. The summed E-state index contributed by atoms with van der Waals surface area (Å²) >= 11 is 0. The van der Waals surface area contributed by atoms with E-state index in [9.17, 15) is 8.42 Å². The highest BCUT2D eigenvalue weighted by molar-refractivity contribution is 7.90. The zero-order valence-electron chi connectivity index (χ0n) is 17.2. The van der Waals surface area contributed by atoms with Crippen LogP contribution in [-0.4, -0.2) is 61.3 Å².